The van der Waals surface area contributed by atoms with E-state index in [0.29, 0.717) is 0 Å². The molecule has 2 N–H and O–H groups in total. The van der Waals surface area contributed by atoms with Crippen molar-refractivity contribution >= 4 is 39.1 Å². The van der Waals surface area contributed by atoms with E-state index < -0.39 is 12.2 Å². The third-order valence-corrected chi connectivity index (χ3v) is 2.73. The highest BCUT2D eigenvalue weighted by Gasteiger charge is 2.21. The zero-order valence-corrected chi connectivity index (χ0v) is 9.96. The number of alkyl halides is 1. The highest BCUT2D eigenvalue weighted by Crippen LogP contribution is 2.24. The number of hydrogen-bond donors (Lipinski definition) is 2. The highest BCUT2D eigenvalue weighted by atomic mass is 79.9. The molecule has 4 nitrogen and oxygen atoms in total. The molecule has 0 aliphatic rings. The van der Waals surface area contributed by atoms with Gasteiger partial charge in [0.1, 0.15) is 11.3 Å². The van der Waals surface area contributed by atoms with Gasteiger partial charge >= 0.3 is 0 Å². The van der Waals surface area contributed by atoms with Gasteiger partial charge in [-0.25, -0.2) is 9.97 Å². The molecule has 0 amide bonds. The third kappa shape index (κ3) is 2.77. The lowest BCUT2D eigenvalue weighted by molar-refractivity contribution is 0.0339. The van der Waals surface area contributed by atoms with Crippen LogP contribution in [-0.2, 0) is 0 Å². The summed E-state index contributed by atoms with van der Waals surface area (Å²) >= 11 is 14.2. The number of aromatic nitrogens is 2. The molecule has 0 fully saturated rings. The Hall–Kier alpha value is 0.0600. The first-order chi connectivity index (χ1) is 6.56. The second-order valence-electron chi connectivity index (χ2n) is 2.55. The van der Waals surface area contributed by atoms with Crippen molar-refractivity contribution in [2.24, 2.45) is 0 Å². The average molecular weight is 302 g/mol. The van der Waals surface area contributed by atoms with E-state index in [0.717, 1.165) is 0 Å². The molecule has 1 aromatic rings. The van der Waals surface area contributed by atoms with Crippen molar-refractivity contribution < 1.29 is 10.2 Å². The molecular formula is C7H7BrCl2N2O2. The van der Waals surface area contributed by atoms with E-state index in [9.17, 15) is 10.2 Å². The van der Waals surface area contributed by atoms with Crippen LogP contribution in [0.2, 0.25) is 10.4 Å². The summed E-state index contributed by atoms with van der Waals surface area (Å²) in [5.74, 6) is 0. The fraction of sp³-hybridized carbons (Fsp3) is 0.429. The second-order valence-corrected chi connectivity index (χ2v) is 3.90. The van der Waals surface area contributed by atoms with Gasteiger partial charge in [-0.15, -0.1) is 0 Å². The Morgan fingerprint density at radius 2 is 2.07 bits per heavy atom. The van der Waals surface area contributed by atoms with Crippen LogP contribution < -0.4 is 0 Å². The molecule has 0 saturated carbocycles. The van der Waals surface area contributed by atoms with Gasteiger partial charge in [-0.3, -0.25) is 0 Å². The summed E-state index contributed by atoms with van der Waals surface area (Å²) in [5.41, 5.74) is 0.253. The second kappa shape index (κ2) is 5.23. The van der Waals surface area contributed by atoms with Gasteiger partial charge in [-0.2, -0.15) is 0 Å². The molecule has 0 aliphatic heterocycles. The Labute approximate surface area is 99.0 Å². The van der Waals surface area contributed by atoms with Crippen molar-refractivity contribution in [1.29, 1.82) is 0 Å². The van der Waals surface area contributed by atoms with Crippen molar-refractivity contribution in [2.45, 2.75) is 12.2 Å². The number of aliphatic hydroxyl groups excluding tert-OH is 2. The van der Waals surface area contributed by atoms with E-state index in [1.54, 1.807) is 0 Å². The quantitative estimate of drug-likeness (QED) is 0.505. The molecule has 1 aromatic heterocycles. The van der Waals surface area contributed by atoms with E-state index >= 15 is 0 Å². The van der Waals surface area contributed by atoms with Crippen LogP contribution in [0.1, 0.15) is 11.7 Å². The smallest absolute Gasteiger partial charge is 0.223 e. The molecule has 0 radical (unpaired) electrons. The zero-order chi connectivity index (χ0) is 10.7. The predicted octanol–water partition coefficient (Wildman–Crippen LogP) is 1.57. The molecule has 2 atom stereocenters. The summed E-state index contributed by atoms with van der Waals surface area (Å²) < 4.78 is 0. The van der Waals surface area contributed by atoms with Crippen LogP contribution >= 0.6 is 39.1 Å². The third-order valence-electron chi connectivity index (χ3n) is 1.58. The minimum absolute atomic E-state index is 0.000665. The Morgan fingerprint density at radius 1 is 1.43 bits per heavy atom. The fourth-order valence-electron chi connectivity index (χ4n) is 0.841. The van der Waals surface area contributed by atoms with Crippen molar-refractivity contribution in [3.8, 4) is 0 Å². The number of hydrogen-bond acceptors (Lipinski definition) is 4. The Bertz CT molecular complexity index is 327. The van der Waals surface area contributed by atoms with E-state index in [4.69, 9.17) is 23.2 Å². The van der Waals surface area contributed by atoms with Crippen LogP contribution in [0.3, 0.4) is 0 Å². The van der Waals surface area contributed by atoms with E-state index in [2.05, 4.69) is 25.9 Å². The number of halogens is 3. The molecule has 7 heteroatoms. The first-order valence-corrected chi connectivity index (χ1v) is 5.54. The molecule has 0 saturated heterocycles. The largest absolute Gasteiger partial charge is 0.389 e. The molecular weight excluding hydrogens is 295 g/mol. The number of nitrogens with zero attached hydrogens (tertiary/aromatic N) is 2. The van der Waals surface area contributed by atoms with Gasteiger partial charge in [0.25, 0.3) is 0 Å². The highest BCUT2D eigenvalue weighted by molar-refractivity contribution is 9.09. The van der Waals surface area contributed by atoms with Crippen molar-refractivity contribution in [3.05, 3.63) is 22.2 Å². The summed E-state index contributed by atoms with van der Waals surface area (Å²) in [4.78, 5) is 7.31. The maximum absolute atomic E-state index is 9.57. The summed E-state index contributed by atoms with van der Waals surface area (Å²) in [6.07, 6.45) is -0.801. The first kappa shape index (κ1) is 12.1. The lowest BCUT2D eigenvalue weighted by atomic mass is 10.1. The lowest BCUT2D eigenvalue weighted by Gasteiger charge is -2.15. The molecule has 78 valence electrons. The topological polar surface area (TPSA) is 66.2 Å². The monoisotopic (exact) mass is 300 g/mol. The van der Waals surface area contributed by atoms with Gasteiger partial charge in [-0.1, -0.05) is 27.5 Å². The minimum atomic E-state index is -1.13. The van der Waals surface area contributed by atoms with Gasteiger partial charge in [0.05, 0.1) is 6.10 Å². The summed E-state index contributed by atoms with van der Waals surface area (Å²) in [5, 5.41) is 19.2. The van der Waals surface area contributed by atoms with Gasteiger partial charge in [0.2, 0.25) is 5.28 Å². The van der Waals surface area contributed by atoms with Gasteiger partial charge in [0.15, 0.2) is 0 Å². The van der Waals surface area contributed by atoms with Gasteiger partial charge in [0, 0.05) is 17.1 Å². The van der Waals surface area contributed by atoms with Crippen molar-refractivity contribution in [2.75, 3.05) is 5.33 Å². The average Bonchev–Trinajstić information content (AvgIpc) is 2.15. The molecule has 0 spiro atoms. The number of aliphatic hydroxyl groups is 2. The van der Waals surface area contributed by atoms with Crippen LogP contribution in [-0.4, -0.2) is 31.6 Å². The van der Waals surface area contributed by atoms with Crippen LogP contribution in [0, 0.1) is 0 Å². The Morgan fingerprint density at radius 3 is 2.57 bits per heavy atom. The van der Waals surface area contributed by atoms with Crippen LogP contribution in [0.4, 0.5) is 0 Å². The van der Waals surface area contributed by atoms with Gasteiger partial charge in [-0.05, 0) is 11.6 Å². The summed E-state index contributed by atoms with van der Waals surface area (Å²) in [6.45, 7) is 0. The normalized spacial score (nSPS) is 15.2. The SMILES string of the molecule is OC(CBr)C(O)c1cnc(Cl)nc1Cl. The molecule has 1 heterocycles. The molecule has 0 aliphatic carbocycles. The number of rotatable bonds is 3. The Balaban J connectivity index is 2.95. The fourth-order valence-corrected chi connectivity index (χ4v) is 1.61. The van der Waals surface area contributed by atoms with E-state index in [1.165, 1.54) is 6.20 Å². The zero-order valence-electron chi connectivity index (χ0n) is 6.86. The van der Waals surface area contributed by atoms with E-state index in [-0.39, 0.29) is 21.3 Å². The predicted molar refractivity (Wildman–Crippen MR) is 56.8 cm³/mol. The minimum Gasteiger partial charge on any atom is -0.389 e. The molecule has 2 unspecified atom stereocenters. The van der Waals surface area contributed by atoms with E-state index in [1.807, 2.05) is 0 Å². The molecule has 1 rings (SSSR count). The molecule has 0 bridgehead atoms. The van der Waals surface area contributed by atoms with Crippen LogP contribution in [0.25, 0.3) is 0 Å². The summed E-state index contributed by atoms with van der Waals surface area (Å²) in [6, 6.07) is 0. The lowest BCUT2D eigenvalue weighted by Crippen LogP contribution is -2.20. The van der Waals surface area contributed by atoms with Crippen LogP contribution in [0.5, 0.6) is 0 Å². The van der Waals surface area contributed by atoms with Crippen molar-refractivity contribution in [3.63, 3.8) is 0 Å². The summed E-state index contributed by atoms with van der Waals surface area (Å²) in [7, 11) is 0. The maximum Gasteiger partial charge on any atom is 0.223 e. The molecule has 14 heavy (non-hydrogen) atoms. The Kier molecular flexibility index (Phi) is 4.53. The standard InChI is InChI=1S/C7H7BrCl2N2O2/c8-1-4(13)5(14)3-2-11-7(10)12-6(3)9/h2,4-5,13-14H,1H2. The first-order valence-electron chi connectivity index (χ1n) is 3.66. The van der Waals surface area contributed by atoms with Crippen molar-refractivity contribution in [1.82, 2.24) is 9.97 Å². The maximum atomic E-state index is 9.57. The molecule has 0 aromatic carbocycles. The van der Waals surface area contributed by atoms with Gasteiger partial charge < -0.3 is 10.2 Å². The van der Waals surface area contributed by atoms with Crippen LogP contribution in [0.15, 0.2) is 6.20 Å².